The number of halogens is 1. The third kappa shape index (κ3) is 2.78. The number of carbonyl (C=O) groups excluding carboxylic acids is 1. The molecule has 2 rings (SSSR count). The molecule has 1 aromatic rings. The van der Waals surface area contributed by atoms with Gasteiger partial charge in [-0.05, 0) is 36.8 Å². The SMILES string of the molecule is CC1CC=CCC1COc1cccc(F)c1C=O. The molecule has 1 aromatic carbocycles. The van der Waals surface area contributed by atoms with Crippen molar-refractivity contribution in [1.82, 2.24) is 0 Å². The highest BCUT2D eigenvalue weighted by atomic mass is 19.1. The molecule has 18 heavy (non-hydrogen) atoms. The Morgan fingerprint density at radius 2 is 2.17 bits per heavy atom. The summed E-state index contributed by atoms with van der Waals surface area (Å²) >= 11 is 0. The van der Waals surface area contributed by atoms with Gasteiger partial charge in [-0.1, -0.05) is 25.1 Å². The zero-order valence-electron chi connectivity index (χ0n) is 10.4. The Morgan fingerprint density at radius 1 is 1.39 bits per heavy atom. The highest BCUT2D eigenvalue weighted by Gasteiger charge is 2.19. The second kappa shape index (κ2) is 5.80. The smallest absolute Gasteiger partial charge is 0.156 e. The molecule has 2 nitrogen and oxygen atoms in total. The van der Waals surface area contributed by atoms with Crippen molar-refractivity contribution >= 4 is 6.29 Å². The molecule has 0 fully saturated rings. The third-order valence-electron chi connectivity index (χ3n) is 3.50. The number of hydrogen-bond acceptors (Lipinski definition) is 2. The fourth-order valence-corrected chi connectivity index (χ4v) is 2.19. The zero-order chi connectivity index (χ0) is 13.0. The van der Waals surface area contributed by atoms with Crippen LogP contribution in [0.1, 0.15) is 30.1 Å². The van der Waals surface area contributed by atoms with Gasteiger partial charge in [0.25, 0.3) is 0 Å². The summed E-state index contributed by atoms with van der Waals surface area (Å²) in [6.45, 7) is 2.71. The molecule has 0 saturated carbocycles. The van der Waals surface area contributed by atoms with Crippen LogP contribution in [0.3, 0.4) is 0 Å². The summed E-state index contributed by atoms with van der Waals surface area (Å²) in [6.07, 6.45) is 6.87. The number of aldehydes is 1. The Morgan fingerprint density at radius 3 is 2.89 bits per heavy atom. The monoisotopic (exact) mass is 248 g/mol. The minimum absolute atomic E-state index is 0.0107. The molecular formula is C15H17FO2. The van der Waals surface area contributed by atoms with Crippen LogP contribution in [0.15, 0.2) is 30.4 Å². The van der Waals surface area contributed by atoms with Crippen molar-refractivity contribution in [3.8, 4) is 5.75 Å². The largest absolute Gasteiger partial charge is 0.492 e. The van der Waals surface area contributed by atoms with Crippen molar-refractivity contribution in [2.24, 2.45) is 11.8 Å². The van der Waals surface area contributed by atoms with Gasteiger partial charge >= 0.3 is 0 Å². The van der Waals surface area contributed by atoms with E-state index in [1.165, 1.54) is 6.07 Å². The van der Waals surface area contributed by atoms with Crippen LogP contribution in [-0.2, 0) is 0 Å². The van der Waals surface area contributed by atoms with Gasteiger partial charge in [0.1, 0.15) is 11.6 Å². The normalized spacial score (nSPS) is 22.8. The summed E-state index contributed by atoms with van der Waals surface area (Å²) in [5.74, 6) is 0.798. The van der Waals surface area contributed by atoms with Gasteiger partial charge < -0.3 is 4.74 Å². The fourth-order valence-electron chi connectivity index (χ4n) is 2.19. The summed E-state index contributed by atoms with van der Waals surface area (Å²) in [5, 5.41) is 0. The van der Waals surface area contributed by atoms with Gasteiger partial charge in [0, 0.05) is 0 Å². The highest BCUT2D eigenvalue weighted by molar-refractivity contribution is 5.79. The molecule has 0 heterocycles. The molecule has 2 unspecified atom stereocenters. The molecule has 2 atom stereocenters. The van der Waals surface area contributed by atoms with Gasteiger partial charge in [0.05, 0.1) is 12.2 Å². The van der Waals surface area contributed by atoms with E-state index >= 15 is 0 Å². The summed E-state index contributed by atoms with van der Waals surface area (Å²) in [5.41, 5.74) is 0.0107. The molecule has 0 bridgehead atoms. The van der Waals surface area contributed by atoms with Gasteiger partial charge in [0.2, 0.25) is 0 Å². The Kier molecular flexibility index (Phi) is 4.13. The number of ether oxygens (including phenoxy) is 1. The number of rotatable bonds is 4. The second-order valence-electron chi connectivity index (χ2n) is 4.76. The maximum atomic E-state index is 13.4. The van der Waals surface area contributed by atoms with Crippen molar-refractivity contribution in [3.63, 3.8) is 0 Å². The predicted octanol–water partition coefficient (Wildman–Crippen LogP) is 3.62. The lowest BCUT2D eigenvalue weighted by atomic mass is 9.85. The second-order valence-corrected chi connectivity index (χ2v) is 4.76. The maximum Gasteiger partial charge on any atom is 0.156 e. The third-order valence-corrected chi connectivity index (χ3v) is 3.50. The van der Waals surface area contributed by atoms with Gasteiger partial charge in [-0.3, -0.25) is 4.79 Å². The van der Waals surface area contributed by atoms with Crippen LogP contribution in [0.25, 0.3) is 0 Å². The molecule has 0 saturated heterocycles. The number of benzene rings is 1. The van der Waals surface area contributed by atoms with E-state index in [1.807, 2.05) is 0 Å². The molecule has 0 N–H and O–H groups in total. The van der Waals surface area contributed by atoms with Crippen LogP contribution in [-0.4, -0.2) is 12.9 Å². The standard InChI is InChI=1S/C15H17FO2/c1-11-5-2-3-6-12(11)10-18-15-8-4-7-14(16)13(15)9-17/h2-4,7-9,11-12H,5-6,10H2,1H3. The maximum absolute atomic E-state index is 13.4. The Labute approximate surface area is 106 Å². The van der Waals surface area contributed by atoms with Gasteiger partial charge in [-0.25, -0.2) is 4.39 Å². The average molecular weight is 248 g/mol. The molecule has 0 radical (unpaired) electrons. The molecule has 0 spiro atoms. The van der Waals surface area contributed by atoms with Gasteiger partial charge in [-0.2, -0.15) is 0 Å². The topological polar surface area (TPSA) is 26.3 Å². The van der Waals surface area contributed by atoms with E-state index in [0.29, 0.717) is 30.5 Å². The molecule has 3 heteroatoms. The van der Waals surface area contributed by atoms with Crippen LogP contribution in [0, 0.1) is 17.7 Å². The summed E-state index contributed by atoms with van der Waals surface area (Å²) in [6, 6.07) is 4.46. The lowest BCUT2D eigenvalue weighted by molar-refractivity contribution is 0.111. The van der Waals surface area contributed by atoms with Gasteiger partial charge in [0.15, 0.2) is 6.29 Å². The first-order valence-electron chi connectivity index (χ1n) is 6.24. The van der Waals surface area contributed by atoms with Crippen LogP contribution in [0.4, 0.5) is 4.39 Å². The van der Waals surface area contributed by atoms with E-state index < -0.39 is 5.82 Å². The van der Waals surface area contributed by atoms with Crippen LogP contribution in [0.5, 0.6) is 5.75 Å². The Balaban J connectivity index is 2.04. The lowest BCUT2D eigenvalue weighted by Gasteiger charge is -2.25. The quantitative estimate of drug-likeness (QED) is 0.601. The predicted molar refractivity (Wildman–Crippen MR) is 68.3 cm³/mol. The number of carbonyl (C=O) groups is 1. The van der Waals surface area contributed by atoms with Crippen LogP contribution >= 0.6 is 0 Å². The fraction of sp³-hybridized carbons (Fsp3) is 0.400. The van der Waals surface area contributed by atoms with Crippen molar-refractivity contribution in [2.75, 3.05) is 6.61 Å². The number of hydrogen-bond donors (Lipinski definition) is 0. The molecule has 0 amide bonds. The first-order chi connectivity index (χ1) is 8.72. The van der Waals surface area contributed by atoms with E-state index in [9.17, 15) is 9.18 Å². The summed E-state index contributed by atoms with van der Waals surface area (Å²) in [7, 11) is 0. The minimum Gasteiger partial charge on any atom is -0.492 e. The van der Waals surface area contributed by atoms with Crippen molar-refractivity contribution in [1.29, 1.82) is 0 Å². The van der Waals surface area contributed by atoms with E-state index in [1.54, 1.807) is 12.1 Å². The zero-order valence-corrected chi connectivity index (χ0v) is 10.4. The average Bonchev–Trinajstić information content (AvgIpc) is 2.38. The first kappa shape index (κ1) is 12.8. The Hall–Kier alpha value is -1.64. The van der Waals surface area contributed by atoms with Crippen LogP contribution in [0.2, 0.25) is 0 Å². The molecule has 1 aliphatic rings. The van der Waals surface area contributed by atoms with Crippen molar-refractivity contribution in [2.45, 2.75) is 19.8 Å². The van der Waals surface area contributed by atoms with E-state index in [4.69, 9.17) is 4.74 Å². The number of allylic oxidation sites excluding steroid dienone is 2. The van der Waals surface area contributed by atoms with E-state index in [2.05, 4.69) is 19.1 Å². The molecule has 96 valence electrons. The van der Waals surface area contributed by atoms with E-state index in [0.717, 1.165) is 12.8 Å². The molecule has 1 aliphatic carbocycles. The molecular weight excluding hydrogens is 231 g/mol. The van der Waals surface area contributed by atoms with Crippen LogP contribution < -0.4 is 4.74 Å². The Bertz CT molecular complexity index is 454. The van der Waals surface area contributed by atoms with Crippen molar-refractivity contribution < 1.29 is 13.9 Å². The minimum atomic E-state index is -0.529. The summed E-state index contributed by atoms with van der Waals surface area (Å²) < 4.78 is 19.0. The van der Waals surface area contributed by atoms with E-state index in [-0.39, 0.29) is 5.56 Å². The summed E-state index contributed by atoms with van der Waals surface area (Å²) in [4.78, 5) is 10.8. The first-order valence-corrected chi connectivity index (χ1v) is 6.24. The lowest BCUT2D eigenvalue weighted by Crippen LogP contribution is -2.21. The molecule has 0 aromatic heterocycles. The highest BCUT2D eigenvalue weighted by Crippen LogP contribution is 2.27. The van der Waals surface area contributed by atoms with Gasteiger partial charge in [-0.15, -0.1) is 0 Å². The molecule has 0 aliphatic heterocycles. The van der Waals surface area contributed by atoms with Crippen molar-refractivity contribution in [3.05, 3.63) is 41.7 Å².